The number of ether oxygens (including phenoxy) is 2. The smallest absolute Gasteiger partial charge is 0.241 e. The lowest BCUT2D eigenvalue weighted by Gasteiger charge is -2.31. The van der Waals surface area contributed by atoms with Crippen molar-refractivity contribution in [3.8, 4) is 11.5 Å². The molecule has 0 aromatic heterocycles. The third-order valence-corrected chi connectivity index (χ3v) is 5.65. The molecule has 0 spiro atoms. The van der Waals surface area contributed by atoms with Crippen molar-refractivity contribution in [3.05, 3.63) is 18.2 Å². The zero-order valence-electron chi connectivity index (χ0n) is 13.7. The molecular formula is C16H22N2O5S. The van der Waals surface area contributed by atoms with Crippen molar-refractivity contribution in [1.82, 2.24) is 9.62 Å². The van der Waals surface area contributed by atoms with E-state index in [1.165, 1.54) is 12.1 Å². The Morgan fingerprint density at radius 2 is 2.04 bits per heavy atom. The van der Waals surface area contributed by atoms with Crippen LogP contribution in [-0.2, 0) is 14.8 Å². The number of benzene rings is 1. The summed E-state index contributed by atoms with van der Waals surface area (Å²) in [6, 6.07) is 4.44. The van der Waals surface area contributed by atoms with Crippen molar-refractivity contribution in [2.24, 2.45) is 5.92 Å². The SMILES string of the molecule is C[C@H]1CCCN(C(=O)CNS(=O)(=O)c2ccc3c(c2)OCCO3)C1. The van der Waals surface area contributed by atoms with Crippen molar-refractivity contribution in [2.75, 3.05) is 32.8 Å². The van der Waals surface area contributed by atoms with Gasteiger partial charge in [-0.3, -0.25) is 4.79 Å². The number of fused-ring (bicyclic) bond motifs is 1. The summed E-state index contributed by atoms with van der Waals surface area (Å²) < 4.78 is 37.9. The van der Waals surface area contributed by atoms with E-state index in [0.717, 1.165) is 12.8 Å². The normalized spacial score (nSPS) is 20.7. The predicted molar refractivity (Wildman–Crippen MR) is 87.6 cm³/mol. The first-order chi connectivity index (χ1) is 11.5. The Hall–Kier alpha value is -1.80. The summed E-state index contributed by atoms with van der Waals surface area (Å²) in [5, 5.41) is 0. The van der Waals surface area contributed by atoms with Crippen LogP contribution in [0, 0.1) is 5.92 Å². The molecule has 8 heteroatoms. The minimum Gasteiger partial charge on any atom is -0.486 e. The first-order valence-corrected chi connectivity index (χ1v) is 9.61. The van der Waals surface area contributed by atoms with Crippen LogP contribution in [0.4, 0.5) is 0 Å². The van der Waals surface area contributed by atoms with E-state index < -0.39 is 10.0 Å². The maximum absolute atomic E-state index is 12.4. The Morgan fingerprint density at radius 3 is 2.79 bits per heavy atom. The average Bonchev–Trinajstić information content (AvgIpc) is 2.59. The third-order valence-electron chi connectivity index (χ3n) is 4.25. The molecule has 0 saturated carbocycles. The zero-order chi connectivity index (χ0) is 17.2. The summed E-state index contributed by atoms with van der Waals surface area (Å²) in [6.45, 7) is 4.07. The fraction of sp³-hybridized carbons (Fsp3) is 0.562. The molecule has 3 rings (SSSR count). The molecular weight excluding hydrogens is 332 g/mol. The molecule has 1 N–H and O–H groups in total. The maximum Gasteiger partial charge on any atom is 0.241 e. The molecule has 1 aromatic carbocycles. The molecule has 0 bridgehead atoms. The quantitative estimate of drug-likeness (QED) is 0.872. The molecule has 1 amide bonds. The summed E-state index contributed by atoms with van der Waals surface area (Å²) in [5.41, 5.74) is 0. The Balaban J connectivity index is 1.64. The van der Waals surface area contributed by atoms with Gasteiger partial charge >= 0.3 is 0 Å². The molecule has 1 aromatic rings. The highest BCUT2D eigenvalue weighted by molar-refractivity contribution is 7.89. The van der Waals surface area contributed by atoms with E-state index in [1.807, 2.05) is 0 Å². The highest BCUT2D eigenvalue weighted by atomic mass is 32.2. The Morgan fingerprint density at radius 1 is 1.29 bits per heavy atom. The second-order valence-corrected chi connectivity index (χ2v) is 7.98. The van der Waals surface area contributed by atoms with Crippen LogP contribution in [0.3, 0.4) is 0 Å². The van der Waals surface area contributed by atoms with Gasteiger partial charge in [-0.25, -0.2) is 13.1 Å². The van der Waals surface area contributed by atoms with Crippen molar-refractivity contribution < 1.29 is 22.7 Å². The number of sulfonamides is 1. The molecule has 2 aliphatic heterocycles. The van der Waals surface area contributed by atoms with E-state index in [-0.39, 0.29) is 17.3 Å². The summed E-state index contributed by atoms with van der Waals surface area (Å²) in [6.07, 6.45) is 2.06. The van der Waals surface area contributed by atoms with E-state index in [4.69, 9.17) is 9.47 Å². The first kappa shape index (κ1) is 17.0. The zero-order valence-corrected chi connectivity index (χ0v) is 14.5. The summed E-state index contributed by atoms with van der Waals surface area (Å²) in [4.78, 5) is 14.0. The van der Waals surface area contributed by atoms with Crippen LogP contribution in [0.1, 0.15) is 19.8 Å². The molecule has 1 atom stereocenters. The van der Waals surface area contributed by atoms with Crippen LogP contribution in [0.2, 0.25) is 0 Å². The molecule has 1 fully saturated rings. The minimum atomic E-state index is -3.77. The van der Waals surface area contributed by atoms with Gasteiger partial charge in [0.05, 0.1) is 11.4 Å². The highest BCUT2D eigenvalue weighted by Crippen LogP contribution is 2.32. The van der Waals surface area contributed by atoms with Crippen molar-refractivity contribution in [1.29, 1.82) is 0 Å². The van der Waals surface area contributed by atoms with E-state index in [2.05, 4.69) is 11.6 Å². The molecule has 0 aliphatic carbocycles. The predicted octanol–water partition coefficient (Wildman–Crippen LogP) is 0.995. The van der Waals surface area contributed by atoms with Gasteiger partial charge in [-0.2, -0.15) is 0 Å². The number of amides is 1. The molecule has 7 nitrogen and oxygen atoms in total. The molecule has 1 saturated heterocycles. The minimum absolute atomic E-state index is 0.0616. The van der Waals surface area contributed by atoms with Gasteiger partial charge in [-0.15, -0.1) is 0 Å². The number of hydrogen-bond acceptors (Lipinski definition) is 5. The molecule has 24 heavy (non-hydrogen) atoms. The van der Waals surface area contributed by atoms with Crippen LogP contribution in [-0.4, -0.2) is 52.1 Å². The van der Waals surface area contributed by atoms with Crippen molar-refractivity contribution >= 4 is 15.9 Å². The van der Waals surface area contributed by atoms with Gasteiger partial charge < -0.3 is 14.4 Å². The number of likely N-dealkylation sites (tertiary alicyclic amines) is 1. The third kappa shape index (κ3) is 3.81. The standard InChI is InChI=1S/C16H22N2O5S/c1-12-3-2-6-18(11-12)16(19)10-17-24(20,21)13-4-5-14-15(9-13)23-8-7-22-14/h4-5,9,12,17H,2-3,6-8,10-11H2,1H3/t12-/m0/s1. The molecule has 2 aliphatic rings. The van der Waals surface area contributed by atoms with Crippen LogP contribution < -0.4 is 14.2 Å². The summed E-state index contributed by atoms with van der Waals surface area (Å²) >= 11 is 0. The number of nitrogens with zero attached hydrogens (tertiary/aromatic N) is 1. The van der Waals surface area contributed by atoms with E-state index in [9.17, 15) is 13.2 Å². The first-order valence-electron chi connectivity index (χ1n) is 8.13. The summed E-state index contributed by atoms with van der Waals surface area (Å²) in [7, 11) is -3.77. The van der Waals surface area contributed by atoms with Crippen LogP contribution >= 0.6 is 0 Å². The van der Waals surface area contributed by atoms with E-state index in [0.29, 0.717) is 43.7 Å². The van der Waals surface area contributed by atoms with E-state index in [1.54, 1.807) is 11.0 Å². The second kappa shape index (κ2) is 6.98. The van der Waals surface area contributed by atoms with Gasteiger partial charge in [0.25, 0.3) is 0 Å². The molecule has 0 radical (unpaired) electrons. The maximum atomic E-state index is 12.4. The average molecular weight is 354 g/mol. The monoisotopic (exact) mass is 354 g/mol. The van der Waals surface area contributed by atoms with Gasteiger partial charge in [0.2, 0.25) is 15.9 Å². The highest BCUT2D eigenvalue weighted by Gasteiger charge is 2.24. The van der Waals surface area contributed by atoms with Crippen LogP contribution in [0.5, 0.6) is 11.5 Å². The Labute approximate surface area is 142 Å². The van der Waals surface area contributed by atoms with Crippen molar-refractivity contribution in [3.63, 3.8) is 0 Å². The van der Waals surface area contributed by atoms with Gasteiger partial charge in [-0.1, -0.05) is 6.92 Å². The lowest BCUT2D eigenvalue weighted by Crippen LogP contribution is -2.44. The van der Waals surface area contributed by atoms with Crippen LogP contribution in [0.25, 0.3) is 0 Å². The van der Waals surface area contributed by atoms with Gasteiger partial charge in [0, 0.05) is 19.2 Å². The second-order valence-electron chi connectivity index (χ2n) is 6.22. The number of carbonyl (C=O) groups excluding carboxylic acids is 1. The molecule has 0 unspecified atom stereocenters. The van der Waals surface area contributed by atoms with Gasteiger partial charge in [0.15, 0.2) is 11.5 Å². The Bertz CT molecular complexity index is 719. The number of rotatable bonds is 4. The topological polar surface area (TPSA) is 84.9 Å². The van der Waals surface area contributed by atoms with Gasteiger partial charge in [-0.05, 0) is 30.9 Å². The largest absolute Gasteiger partial charge is 0.486 e. The number of carbonyl (C=O) groups is 1. The lowest BCUT2D eigenvalue weighted by molar-refractivity contribution is -0.131. The number of nitrogens with one attached hydrogen (secondary N) is 1. The molecule has 132 valence electrons. The number of hydrogen-bond donors (Lipinski definition) is 1. The number of piperidine rings is 1. The summed E-state index contributed by atoms with van der Waals surface area (Å²) in [5.74, 6) is 1.19. The lowest BCUT2D eigenvalue weighted by atomic mass is 10.0. The van der Waals surface area contributed by atoms with Crippen LogP contribution in [0.15, 0.2) is 23.1 Å². The Kier molecular flexibility index (Phi) is 4.96. The van der Waals surface area contributed by atoms with E-state index >= 15 is 0 Å². The molecule has 2 heterocycles. The fourth-order valence-electron chi connectivity index (χ4n) is 2.96. The van der Waals surface area contributed by atoms with Gasteiger partial charge in [0.1, 0.15) is 13.2 Å². The fourth-order valence-corrected chi connectivity index (χ4v) is 3.95. The van der Waals surface area contributed by atoms with Crippen molar-refractivity contribution in [2.45, 2.75) is 24.7 Å².